The zero-order valence-corrected chi connectivity index (χ0v) is 12.4. The first-order valence-electron chi connectivity index (χ1n) is 8.08. The predicted octanol–water partition coefficient (Wildman–Crippen LogP) is 1.81. The molecule has 5 heteroatoms. The second kappa shape index (κ2) is 6.22. The molecule has 2 aliphatic rings. The molecular formula is C15H26N4O. The molecule has 0 amide bonds. The van der Waals surface area contributed by atoms with Gasteiger partial charge in [0.2, 0.25) is 0 Å². The number of hydrogen-bond acceptors (Lipinski definition) is 4. The van der Waals surface area contributed by atoms with E-state index in [1.807, 2.05) is 4.68 Å². The van der Waals surface area contributed by atoms with Crippen molar-refractivity contribution in [3.05, 3.63) is 12.2 Å². The molecule has 0 bridgehead atoms. The molecule has 3 rings (SSSR count). The molecule has 1 saturated heterocycles. The predicted molar refractivity (Wildman–Crippen MR) is 77.1 cm³/mol. The van der Waals surface area contributed by atoms with Crippen molar-refractivity contribution in [3.63, 3.8) is 0 Å². The summed E-state index contributed by atoms with van der Waals surface area (Å²) in [5.74, 6) is 1.55. The van der Waals surface area contributed by atoms with E-state index in [9.17, 15) is 5.11 Å². The fourth-order valence-corrected chi connectivity index (χ4v) is 3.94. The summed E-state index contributed by atoms with van der Waals surface area (Å²) < 4.78 is 2.03. The lowest BCUT2D eigenvalue weighted by molar-refractivity contribution is 0.0703. The fraction of sp³-hybridized carbons (Fsp3) is 0.867. The van der Waals surface area contributed by atoms with Crippen LogP contribution in [0.4, 0.5) is 0 Å². The highest BCUT2D eigenvalue weighted by atomic mass is 16.3. The number of rotatable bonds is 5. The Labute approximate surface area is 121 Å². The SMILES string of the molecule is CCCn1ncnc1CN1CCCC1C1CCCC1O. The number of hydrogen-bond donors (Lipinski definition) is 1. The van der Waals surface area contributed by atoms with Crippen LogP contribution in [0, 0.1) is 5.92 Å². The Morgan fingerprint density at radius 1 is 1.30 bits per heavy atom. The maximum absolute atomic E-state index is 10.2. The van der Waals surface area contributed by atoms with Gasteiger partial charge >= 0.3 is 0 Å². The molecule has 112 valence electrons. The molecule has 20 heavy (non-hydrogen) atoms. The van der Waals surface area contributed by atoms with Gasteiger partial charge in [0.1, 0.15) is 12.2 Å². The van der Waals surface area contributed by atoms with Gasteiger partial charge in [-0.3, -0.25) is 4.90 Å². The first-order valence-corrected chi connectivity index (χ1v) is 8.08. The van der Waals surface area contributed by atoms with Crippen molar-refractivity contribution in [3.8, 4) is 0 Å². The van der Waals surface area contributed by atoms with Crippen LogP contribution in [0.2, 0.25) is 0 Å². The van der Waals surface area contributed by atoms with Gasteiger partial charge in [0.25, 0.3) is 0 Å². The lowest BCUT2D eigenvalue weighted by Gasteiger charge is -2.30. The average molecular weight is 278 g/mol. The van der Waals surface area contributed by atoms with Crippen LogP contribution < -0.4 is 0 Å². The molecule has 0 radical (unpaired) electrons. The van der Waals surface area contributed by atoms with Gasteiger partial charge in [-0.1, -0.05) is 13.3 Å². The van der Waals surface area contributed by atoms with E-state index in [1.165, 1.54) is 25.7 Å². The summed E-state index contributed by atoms with van der Waals surface area (Å²) >= 11 is 0. The fourth-order valence-electron chi connectivity index (χ4n) is 3.94. The molecule has 0 spiro atoms. The van der Waals surface area contributed by atoms with Gasteiger partial charge in [-0.25, -0.2) is 9.67 Å². The lowest BCUT2D eigenvalue weighted by Crippen LogP contribution is -2.39. The standard InChI is InChI=1S/C15H26N4O/c1-2-8-19-15(16-11-17-19)10-18-9-4-6-13(18)12-5-3-7-14(12)20/h11-14,20H,2-10H2,1H3. The number of aliphatic hydroxyl groups is 1. The number of nitrogens with zero attached hydrogens (tertiary/aromatic N) is 4. The van der Waals surface area contributed by atoms with Crippen molar-refractivity contribution in [1.29, 1.82) is 0 Å². The summed E-state index contributed by atoms with van der Waals surface area (Å²) in [4.78, 5) is 6.95. The second-order valence-corrected chi connectivity index (χ2v) is 6.24. The maximum Gasteiger partial charge on any atom is 0.141 e. The molecule has 0 aromatic carbocycles. The topological polar surface area (TPSA) is 54.2 Å². The molecule has 3 unspecified atom stereocenters. The highest BCUT2D eigenvalue weighted by Gasteiger charge is 2.38. The van der Waals surface area contributed by atoms with Crippen LogP contribution in [-0.4, -0.2) is 43.5 Å². The third kappa shape index (κ3) is 2.74. The van der Waals surface area contributed by atoms with Crippen LogP contribution in [0.5, 0.6) is 0 Å². The monoisotopic (exact) mass is 278 g/mol. The van der Waals surface area contributed by atoms with Crippen LogP contribution in [0.3, 0.4) is 0 Å². The highest BCUT2D eigenvalue weighted by molar-refractivity contribution is 4.94. The Bertz CT molecular complexity index is 433. The Balaban J connectivity index is 1.68. The number of aryl methyl sites for hydroxylation is 1. The summed E-state index contributed by atoms with van der Waals surface area (Å²) in [7, 11) is 0. The van der Waals surface area contributed by atoms with E-state index in [0.717, 1.165) is 38.3 Å². The Morgan fingerprint density at radius 3 is 2.95 bits per heavy atom. The van der Waals surface area contributed by atoms with Crippen molar-refractivity contribution >= 4 is 0 Å². The van der Waals surface area contributed by atoms with Crippen LogP contribution in [0.1, 0.15) is 51.3 Å². The van der Waals surface area contributed by atoms with E-state index in [1.54, 1.807) is 6.33 Å². The zero-order valence-electron chi connectivity index (χ0n) is 12.4. The molecule has 1 aliphatic heterocycles. The lowest BCUT2D eigenvalue weighted by atomic mass is 9.94. The van der Waals surface area contributed by atoms with Gasteiger partial charge in [-0.2, -0.15) is 5.10 Å². The van der Waals surface area contributed by atoms with E-state index in [0.29, 0.717) is 12.0 Å². The summed E-state index contributed by atoms with van der Waals surface area (Å²) in [6.07, 6.45) is 8.49. The minimum atomic E-state index is -0.0888. The van der Waals surface area contributed by atoms with E-state index in [-0.39, 0.29) is 6.10 Å². The summed E-state index contributed by atoms with van der Waals surface area (Å²) in [5, 5.41) is 14.5. The quantitative estimate of drug-likeness (QED) is 0.892. The average Bonchev–Trinajstić information content (AvgIpc) is 3.13. The van der Waals surface area contributed by atoms with E-state index in [4.69, 9.17) is 0 Å². The Hall–Kier alpha value is -0.940. The summed E-state index contributed by atoms with van der Waals surface area (Å²) in [6.45, 7) is 5.12. The van der Waals surface area contributed by atoms with Crippen LogP contribution in [0.25, 0.3) is 0 Å². The third-order valence-electron chi connectivity index (χ3n) is 4.92. The van der Waals surface area contributed by atoms with Crippen LogP contribution in [0.15, 0.2) is 6.33 Å². The minimum absolute atomic E-state index is 0.0888. The smallest absolute Gasteiger partial charge is 0.141 e. The number of likely N-dealkylation sites (tertiary alicyclic amines) is 1. The zero-order chi connectivity index (χ0) is 13.9. The Kier molecular flexibility index (Phi) is 4.36. The van der Waals surface area contributed by atoms with Crippen molar-refractivity contribution in [2.45, 2.75) is 70.7 Å². The third-order valence-corrected chi connectivity index (χ3v) is 4.92. The van der Waals surface area contributed by atoms with Crippen molar-refractivity contribution in [2.24, 2.45) is 5.92 Å². The molecular weight excluding hydrogens is 252 g/mol. The van der Waals surface area contributed by atoms with Gasteiger partial charge < -0.3 is 5.11 Å². The van der Waals surface area contributed by atoms with E-state index < -0.39 is 0 Å². The van der Waals surface area contributed by atoms with Crippen molar-refractivity contribution in [2.75, 3.05) is 6.54 Å². The maximum atomic E-state index is 10.2. The molecule has 1 aromatic rings. The first-order chi connectivity index (χ1) is 9.79. The molecule has 3 atom stereocenters. The van der Waals surface area contributed by atoms with Gasteiger partial charge in [0, 0.05) is 18.5 Å². The second-order valence-electron chi connectivity index (χ2n) is 6.24. The molecule has 2 fully saturated rings. The normalized spacial score (nSPS) is 31.2. The van der Waals surface area contributed by atoms with Crippen molar-refractivity contribution < 1.29 is 5.11 Å². The van der Waals surface area contributed by atoms with Crippen LogP contribution in [-0.2, 0) is 13.1 Å². The Morgan fingerprint density at radius 2 is 2.20 bits per heavy atom. The number of aliphatic hydroxyl groups excluding tert-OH is 1. The molecule has 1 aromatic heterocycles. The highest BCUT2D eigenvalue weighted by Crippen LogP contribution is 2.36. The minimum Gasteiger partial charge on any atom is -0.393 e. The van der Waals surface area contributed by atoms with Gasteiger partial charge in [-0.15, -0.1) is 0 Å². The van der Waals surface area contributed by atoms with E-state index in [2.05, 4.69) is 21.9 Å². The largest absolute Gasteiger partial charge is 0.393 e. The summed E-state index contributed by atoms with van der Waals surface area (Å²) in [5.41, 5.74) is 0. The molecule has 1 N–H and O–H groups in total. The first kappa shape index (κ1) is 14.0. The van der Waals surface area contributed by atoms with Gasteiger partial charge in [0.05, 0.1) is 12.6 Å². The van der Waals surface area contributed by atoms with Gasteiger partial charge in [0.15, 0.2) is 0 Å². The van der Waals surface area contributed by atoms with Crippen LogP contribution >= 0.6 is 0 Å². The molecule has 1 aliphatic carbocycles. The number of aromatic nitrogens is 3. The summed E-state index contributed by atoms with van der Waals surface area (Å²) in [6, 6.07) is 0.541. The van der Waals surface area contributed by atoms with Gasteiger partial charge in [-0.05, 0) is 38.6 Å². The molecule has 2 heterocycles. The molecule has 1 saturated carbocycles. The molecule has 5 nitrogen and oxygen atoms in total. The van der Waals surface area contributed by atoms with E-state index >= 15 is 0 Å². The van der Waals surface area contributed by atoms with Crippen molar-refractivity contribution in [1.82, 2.24) is 19.7 Å².